The predicted octanol–water partition coefficient (Wildman–Crippen LogP) is 0.673. The number of hydrogen-bond acceptors (Lipinski definition) is 3. The van der Waals surface area contributed by atoms with E-state index in [9.17, 15) is 8.78 Å². The number of alkyl halides is 2. The Kier molecular flexibility index (Phi) is 2.09. The molecule has 0 spiro atoms. The lowest BCUT2D eigenvalue weighted by molar-refractivity contribution is 0.0529. The minimum Gasteiger partial charge on any atom is -0.352 e. The minimum atomic E-state index is -2.27. The molecular weight excluding hydrogens is 176 g/mol. The van der Waals surface area contributed by atoms with Gasteiger partial charge in [-0.25, -0.2) is 8.78 Å². The molecular formula is C8H13F2N3. The molecule has 1 saturated heterocycles. The average Bonchev–Trinajstić information content (AvgIpc) is 2.43. The summed E-state index contributed by atoms with van der Waals surface area (Å²) in [4.78, 5) is 5.87. The van der Waals surface area contributed by atoms with Gasteiger partial charge in [-0.15, -0.1) is 0 Å². The Hall–Kier alpha value is -0.870. The van der Waals surface area contributed by atoms with E-state index in [-0.39, 0.29) is 6.04 Å². The van der Waals surface area contributed by atoms with E-state index < -0.39 is 12.5 Å². The van der Waals surface area contributed by atoms with Crippen LogP contribution >= 0.6 is 0 Å². The van der Waals surface area contributed by atoms with E-state index in [0.717, 1.165) is 0 Å². The van der Waals surface area contributed by atoms with E-state index in [2.05, 4.69) is 10.3 Å². The third kappa shape index (κ3) is 1.47. The molecule has 0 aromatic heterocycles. The van der Waals surface area contributed by atoms with Crippen molar-refractivity contribution >= 4 is 5.96 Å². The van der Waals surface area contributed by atoms with E-state index in [1.807, 2.05) is 6.92 Å². The first-order valence-electron chi connectivity index (χ1n) is 4.54. The molecule has 0 saturated carbocycles. The first-order chi connectivity index (χ1) is 6.18. The summed E-state index contributed by atoms with van der Waals surface area (Å²) < 4.78 is 25.1. The van der Waals surface area contributed by atoms with Gasteiger partial charge in [-0.1, -0.05) is 0 Å². The number of hydrogen-bond donors (Lipinski definition) is 1. The van der Waals surface area contributed by atoms with Gasteiger partial charge in [-0.05, 0) is 13.3 Å². The summed E-state index contributed by atoms with van der Waals surface area (Å²) in [6.45, 7) is 3.14. The van der Waals surface area contributed by atoms with Crippen LogP contribution in [0.1, 0.15) is 13.3 Å². The van der Waals surface area contributed by atoms with Crippen LogP contribution in [0, 0.1) is 0 Å². The molecule has 1 N–H and O–H groups in total. The zero-order chi connectivity index (χ0) is 9.42. The molecule has 2 aliphatic rings. The van der Waals surface area contributed by atoms with Gasteiger partial charge in [0, 0.05) is 19.1 Å². The highest BCUT2D eigenvalue weighted by atomic mass is 19.3. The molecule has 74 valence electrons. The van der Waals surface area contributed by atoms with E-state index in [1.54, 1.807) is 4.90 Å². The molecule has 0 aromatic carbocycles. The van der Waals surface area contributed by atoms with Crippen molar-refractivity contribution in [2.75, 3.05) is 13.1 Å². The van der Waals surface area contributed by atoms with Crippen LogP contribution in [0.3, 0.4) is 0 Å². The van der Waals surface area contributed by atoms with Crippen LogP contribution in [0.2, 0.25) is 0 Å². The molecule has 2 rings (SSSR count). The lowest BCUT2D eigenvalue weighted by Gasteiger charge is -2.31. The summed E-state index contributed by atoms with van der Waals surface area (Å²) in [6, 6.07) is -0.400. The second-order valence-electron chi connectivity index (χ2n) is 3.59. The standard InChI is InChI=1S/C8H13F2N3/c1-5-4-13-6(7(9)10)2-3-11-8(13)12-5/h5-7H,2-4H2,1H3,(H,11,12). The molecule has 0 radical (unpaired) electrons. The quantitative estimate of drug-likeness (QED) is 0.656. The lowest BCUT2D eigenvalue weighted by Crippen LogP contribution is -2.46. The first kappa shape index (κ1) is 8.72. The van der Waals surface area contributed by atoms with E-state index >= 15 is 0 Å². The number of rotatable bonds is 1. The van der Waals surface area contributed by atoms with Gasteiger partial charge in [-0.2, -0.15) is 0 Å². The molecule has 13 heavy (non-hydrogen) atoms. The monoisotopic (exact) mass is 189 g/mol. The number of nitrogens with zero attached hydrogens (tertiary/aromatic N) is 2. The van der Waals surface area contributed by atoms with Gasteiger partial charge in [0.15, 0.2) is 5.96 Å². The minimum absolute atomic E-state index is 0.234. The van der Waals surface area contributed by atoms with Crippen molar-refractivity contribution in [2.45, 2.75) is 31.9 Å². The van der Waals surface area contributed by atoms with Gasteiger partial charge < -0.3 is 10.2 Å². The van der Waals surface area contributed by atoms with Gasteiger partial charge >= 0.3 is 0 Å². The van der Waals surface area contributed by atoms with Crippen molar-refractivity contribution in [3.05, 3.63) is 0 Å². The average molecular weight is 189 g/mol. The second-order valence-corrected chi connectivity index (χ2v) is 3.59. The van der Waals surface area contributed by atoms with Crippen molar-refractivity contribution in [3.8, 4) is 0 Å². The first-order valence-corrected chi connectivity index (χ1v) is 4.54. The Morgan fingerprint density at radius 1 is 1.62 bits per heavy atom. The van der Waals surface area contributed by atoms with Gasteiger partial charge in [0.05, 0.1) is 6.04 Å². The van der Waals surface area contributed by atoms with Crippen LogP contribution in [-0.2, 0) is 0 Å². The molecule has 0 aliphatic carbocycles. The Morgan fingerprint density at radius 3 is 3.08 bits per heavy atom. The maximum Gasteiger partial charge on any atom is 0.258 e. The molecule has 0 bridgehead atoms. The van der Waals surface area contributed by atoms with Crippen LogP contribution in [0.25, 0.3) is 0 Å². The fourth-order valence-electron chi connectivity index (χ4n) is 1.88. The van der Waals surface area contributed by atoms with Crippen molar-refractivity contribution < 1.29 is 8.78 Å². The zero-order valence-corrected chi connectivity index (χ0v) is 7.50. The lowest BCUT2D eigenvalue weighted by atomic mass is 10.1. The highest BCUT2D eigenvalue weighted by molar-refractivity contribution is 5.83. The number of aliphatic imine (C=N–C) groups is 1. The Labute approximate surface area is 75.8 Å². The van der Waals surface area contributed by atoms with Gasteiger partial charge in [0.2, 0.25) is 0 Å². The van der Waals surface area contributed by atoms with E-state index in [0.29, 0.717) is 25.5 Å². The number of nitrogens with one attached hydrogen (secondary N) is 1. The molecule has 1 fully saturated rings. The Morgan fingerprint density at radius 2 is 2.38 bits per heavy atom. The molecule has 5 heteroatoms. The van der Waals surface area contributed by atoms with E-state index in [1.165, 1.54) is 0 Å². The fraction of sp³-hybridized carbons (Fsp3) is 0.875. The molecule has 2 aliphatic heterocycles. The second kappa shape index (κ2) is 3.12. The summed E-state index contributed by atoms with van der Waals surface area (Å²) in [5.41, 5.74) is 0. The van der Waals surface area contributed by atoms with Crippen LogP contribution in [0.4, 0.5) is 8.78 Å². The maximum absolute atomic E-state index is 12.6. The Bertz CT molecular complexity index is 229. The number of guanidine groups is 1. The smallest absolute Gasteiger partial charge is 0.258 e. The van der Waals surface area contributed by atoms with Crippen LogP contribution in [0.5, 0.6) is 0 Å². The summed E-state index contributed by atoms with van der Waals surface area (Å²) in [5.74, 6) is 0.657. The van der Waals surface area contributed by atoms with Crippen molar-refractivity contribution in [1.82, 2.24) is 10.2 Å². The van der Waals surface area contributed by atoms with Gasteiger partial charge in [0.1, 0.15) is 0 Å². The fourth-order valence-corrected chi connectivity index (χ4v) is 1.88. The summed E-state index contributed by atoms with van der Waals surface area (Å²) in [7, 11) is 0. The van der Waals surface area contributed by atoms with Crippen molar-refractivity contribution in [3.63, 3.8) is 0 Å². The van der Waals surface area contributed by atoms with Gasteiger partial charge in [0.25, 0.3) is 6.43 Å². The summed E-state index contributed by atoms with van der Waals surface area (Å²) >= 11 is 0. The molecule has 0 amide bonds. The SMILES string of the molecule is CC1CN2C(=NCCC2C(F)F)N1. The largest absolute Gasteiger partial charge is 0.352 e. The van der Waals surface area contributed by atoms with Crippen LogP contribution in [0.15, 0.2) is 4.99 Å². The summed E-state index contributed by atoms with van der Waals surface area (Å²) in [6.07, 6.45) is -1.80. The molecule has 2 heterocycles. The Balaban J connectivity index is 2.14. The van der Waals surface area contributed by atoms with Crippen molar-refractivity contribution in [1.29, 1.82) is 0 Å². The molecule has 3 nitrogen and oxygen atoms in total. The number of halogens is 2. The summed E-state index contributed by atoms with van der Waals surface area (Å²) in [5, 5.41) is 3.08. The third-order valence-electron chi connectivity index (χ3n) is 2.50. The topological polar surface area (TPSA) is 27.6 Å². The molecule has 2 unspecified atom stereocenters. The highest BCUT2D eigenvalue weighted by Gasteiger charge is 2.37. The molecule has 0 aromatic rings. The normalized spacial score (nSPS) is 32.9. The third-order valence-corrected chi connectivity index (χ3v) is 2.50. The zero-order valence-electron chi connectivity index (χ0n) is 7.50. The van der Waals surface area contributed by atoms with Crippen molar-refractivity contribution in [2.24, 2.45) is 4.99 Å². The van der Waals surface area contributed by atoms with Crippen LogP contribution in [-0.4, -0.2) is 42.5 Å². The van der Waals surface area contributed by atoms with Gasteiger partial charge in [-0.3, -0.25) is 4.99 Å². The molecule has 2 atom stereocenters. The maximum atomic E-state index is 12.6. The van der Waals surface area contributed by atoms with E-state index in [4.69, 9.17) is 0 Å². The predicted molar refractivity (Wildman–Crippen MR) is 46.0 cm³/mol. The van der Waals surface area contributed by atoms with Crippen LogP contribution < -0.4 is 5.32 Å². The number of fused-ring (bicyclic) bond motifs is 1. The highest BCUT2D eigenvalue weighted by Crippen LogP contribution is 2.21.